The van der Waals surface area contributed by atoms with Crippen molar-refractivity contribution in [3.05, 3.63) is 11.4 Å². The molecule has 0 spiro atoms. The number of nitrogens with zero attached hydrogens (tertiary/aromatic N) is 2. The third kappa shape index (κ3) is 2.56. The normalized spacial score (nSPS) is 20.5. The van der Waals surface area contributed by atoms with Crippen LogP contribution < -0.4 is 5.46 Å². The zero-order valence-electron chi connectivity index (χ0n) is 14.6. The second kappa shape index (κ2) is 4.83. The summed E-state index contributed by atoms with van der Waals surface area (Å²) < 4.78 is 13.2. The van der Waals surface area contributed by atoms with Gasteiger partial charge in [0.2, 0.25) is 0 Å². The van der Waals surface area contributed by atoms with Gasteiger partial charge in [0.25, 0.3) is 0 Å². The summed E-state index contributed by atoms with van der Waals surface area (Å²) >= 11 is 0. The quantitative estimate of drug-likeness (QED) is 0.806. The second-order valence-corrected chi connectivity index (χ2v) is 7.88. The molecule has 0 saturated carbocycles. The Morgan fingerprint density at radius 3 is 2.00 bits per heavy atom. The van der Waals surface area contributed by atoms with Gasteiger partial charge in [-0.25, -0.2) is 4.79 Å². The number of rotatable bonds is 1. The first-order valence-corrected chi connectivity index (χ1v) is 7.47. The maximum Gasteiger partial charge on any atom is 0.498 e. The Hall–Kier alpha value is -1.34. The Bertz CT molecular complexity index is 598. The molecule has 122 valence electrons. The van der Waals surface area contributed by atoms with Gasteiger partial charge in [0.1, 0.15) is 0 Å². The molecule has 0 radical (unpaired) electrons. The van der Waals surface area contributed by atoms with Gasteiger partial charge < -0.3 is 14.4 Å². The van der Waals surface area contributed by atoms with Crippen LogP contribution in [0.4, 0.5) is 4.79 Å². The van der Waals surface area contributed by atoms with Crippen LogP contribution in [0, 0.1) is 6.92 Å². The lowest BCUT2D eigenvalue weighted by atomic mass is 9.72. The predicted octanol–water partition coefficient (Wildman–Crippen LogP) is 2.31. The molecule has 1 fully saturated rings. The highest BCUT2D eigenvalue weighted by atomic mass is 16.7. The van der Waals surface area contributed by atoms with E-state index in [1.807, 2.05) is 48.5 Å². The fourth-order valence-electron chi connectivity index (χ4n) is 2.64. The molecule has 0 aliphatic carbocycles. The number of carbonyl (C=O) groups is 1. The lowest BCUT2D eigenvalue weighted by Gasteiger charge is -2.32. The number of aromatic nitrogens is 2. The fraction of sp³-hybridized carbons (Fsp3) is 0.733. The van der Waals surface area contributed by atoms with Crippen molar-refractivity contribution in [2.75, 3.05) is 0 Å². The summed E-state index contributed by atoms with van der Waals surface area (Å²) in [5.41, 5.74) is 0.573. The van der Waals surface area contributed by atoms with Crippen molar-refractivity contribution >= 4 is 18.7 Å². The minimum atomic E-state index is -1.10. The topological polar surface area (TPSA) is 73.6 Å². The van der Waals surface area contributed by atoms with Gasteiger partial charge in [-0.1, -0.05) is 20.8 Å². The van der Waals surface area contributed by atoms with Gasteiger partial charge in [0, 0.05) is 10.9 Å². The van der Waals surface area contributed by atoms with Crippen molar-refractivity contribution in [2.24, 2.45) is 0 Å². The van der Waals surface area contributed by atoms with Gasteiger partial charge in [-0.05, 0) is 34.6 Å². The van der Waals surface area contributed by atoms with Crippen LogP contribution in [0.3, 0.4) is 0 Å². The molecule has 0 amide bonds. The van der Waals surface area contributed by atoms with E-state index in [0.29, 0.717) is 16.9 Å². The van der Waals surface area contributed by atoms with Crippen LogP contribution >= 0.6 is 0 Å². The minimum absolute atomic E-state index is 0.404. The van der Waals surface area contributed by atoms with Crippen LogP contribution in [0.25, 0.3) is 0 Å². The Morgan fingerprint density at radius 2 is 1.64 bits per heavy atom. The van der Waals surface area contributed by atoms with Gasteiger partial charge in [0.05, 0.1) is 22.6 Å². The maximum absolute atomic E-state index is 11.5. The largest absolute Gasteiger partial charge is 0.498 e. The van der Waals surface area contributed by atoms with Gasteiger partial charge in [-0.3, -0.25) is 0 Å². The summed E-state index contributed by atoms with van der Waals surface area (Å²) in [7, 11) is -0.618. The molecule has 1 N–H and O–H groups in total. The molecule has 1 aromatic rings. The molecule has 0 aromatic carbocycles. The second-order valence-electron chi connectivity index (χ2n) is 7.88. The molecule has 0 atom stereocenters. The number of hydrogen-bond donors (Lipinski definition) is 1. The first kappa shape index (κ1) is 17.0. The van der Waals surface area contributed by atoms with Crippen molar-refractivity contribution in [2.45, 2.75) is 72.0 Å². The molecule has 1 aliphatic rings. The van der Waals surface area contributed by atoms with E-state index in [-0.39, 0.29) is 0 Å². The Labute approximate surface area is 131 Å². The van der Waals surface area contributed by atoms with Crippen LogP contribution in [-0.4, -0.2) is 39.3 Å². The molecule has 2 heterocycles. The summed E-state index contributed by atoms with van der Waals surface area (Å²) in [5.74, 6) is 0. The molecule has 22 heavy (non-hydrogen) atoms. The van der Waals surface area contributed by atoms with E-state index in [1.54, 1.807) is 6.92 Å². The number of hydrogen-bond acceptors (Lipinski definition) is 4. The molecular weight excluding hydrogens is 283 g/mol. The molecule has 1 aromatic heterocycles. The molecule has 0 unspecified atom stereocenters. The first-order chi connectivity index (χ1) is 9.78. The lowest BCUT2D eigenvalue weighted by Crippen LogP contribution is -2.41. The summed E-state index contributed by atoms with van der Waals surface area (Å²) in [5, 5.41) is 13.6. The van der Waals surface area contributed by atoms with Crippen LogP contribution in [0.5, 0.6) is 0 Å². The van der Waals surface area contributed by atoms with Crippen molar-refractivity contribution < 1.29 is 19.2 Å². The first-order valence-electron chi connectivity index (χ1n) is 7.47. The number of aryl methyl sites for hydroxylation is 1. The zero-order chi connectivity index (χ0) is 17.1. The summed E-state index contributed by atoms with van der Waals surface area (Å²) in [4.78, 5) is 11.5. The molecular formula is C15H25BN2O4. The predicted molar refractivity (Wildman–Crippen MR) is 84.8 cm³/mol. The van der Waals surface area contributed by atoms with Crippen molar-refractivity contribution in [3.63, 3.8) is 0 Å². The van der Waals surface area contributed by atoms with Crippen molar-refractivity contribution in [1.29, 1.82) is 0 Å². The van der Waals surface area contributed by atoms with Gasteiger partial charge >= 0.3 is 13.2 Å². The third-order valence-electron chi connectivity index (χ3n) is 4.49. The lowest BCUT2D eigenvalue weighted by molar-refractivity contribution is 0.00578. The van der Waals surface area contributed by atoms with Gasteiger partial charge in [-0.2, -0.15) is 9.78 Å². The van der Waals surface area contributed by atoms with E-state index >= 15 is 0 Å². The molecule has 1 aliphatic heterocycles. The number of carboxylic acid groups (broad SMARTS) is 1. The summed E-state index contributed by atoms with van der Waals surface area (Å²) in [6, 6.07) is 0. The van der Waals surface area contributed by atoms with E-state index < -0.39 is 29.8 Å². The highest BCUT2D eigenvalue weighted by Gasteiger charge is 2.54. The van der Waals surface area contributed by atoms with E-state index in [9.17, 15) is 9.90 Å². The highest BCUT2D eigenvalue weighted by molar-refractivity contribution is 6.63. The van der Waals surface area contributed by atoms with Gasteiger partial charge in [0.15, 0.2) is 0 Å². The standard InChI is InChI=1S/C15H25BN2O4/c1-9-10(16-21-14(5,6)15(7,8)22-16)11(13(2,3)4)18(17-9)12(19)20/h1-8H3,(H,19,20). The monoisotopic (exact) mass is 308 g/mol. The molecule has 1 saturated heterocycles. The summed E-state index contributed by atoms with van der Waals surface area (Å²) in [6.07, 6.45) is -1.10. The summed E-state index contributed by atoms with van der Waals surface area (Å²) in [6.45, 7) is 15.5. The van der Waals surface area contributed by atoms with E-state index in [0.717, 1.165) is 4.68 Å². The maximum atomic E-state index is 11.5. The van der Waals surface area contributed by atoms with E-state index in [4.69, 9.17) is 9.31 Å². The van der Waals surface area contributed by atoms with Crippen LogP contribution in [-0.2, 0) is 14.7 Å². The Morgan fingerprint density at radius 1 is 1.18 bits per heavy atom. The van der Waals surface area contributed by atoms with Crippen LogP contribution in [0.15, 0.2) is 0 Å². The highest BCUT2D eigenvalue weighted by Crippen LogP contribution is 2.37. The van der Waals surface area contributed by atoms with Crippen molar-refractivity contribution in [3.8, 4) is 0 Å². The van der Waals surface area contributed by atoms with E-state index in [2.05, 4.69) is 5.10 Å². The van der Waals surface area contributed by atoms with Crippen molar-refractivity contribution in [1.82, 2.24) is 9.78 Å². The smallest absolute Gasteiger partial charge is 0.463 e. The zero-order valence-corrected chi connectivity index (χ0v) is 14.6. The molecule has 2 rings (SSSR count). The Balaban J connectivity index is 2.60. The Kier molecular flexibility index (Phi) is 3.74. The SMILES string of the molecule is Cc1nn(C(=O)O)c(C(C)(C)C)c1B1OC(C)(C)C(C)(C)O1. The molecule has 7 heteroatoms. The van der Waals surface area contributed by atoms with Crippen LogP contribution in [0.1, 0.15) is 59.9 Å². The fourth-order valence-corrected chi connectivity index (χ4v) is 2.64. The van der Waals surface area contributed by atoms with Crippen LogP contribution in [0.2, 0.25) is 0 Å². The average Bonchev–Trinajstić information content (AvgIpc) is 2.73. The molecule has 6 nitrogen and oxygen atoms in total. The third-order valence-corrected chi connectivity index (χ3v) is 4.49. The minimum Gasteiger partial charge on any atom is -0.463 e. The van der Waals surface area contributed by atoms with Gasteiger partial charge in [-0.15, -0.1) is 0 Å². The van der Waals surface area contributed by atoms with E-state index in [1.165, 1.54) is 0 Å². The average molecular weight is 308 g/mol. The molecule has 0 bridgehead atoms.